The second kappa shape index (κ2) is 5.43. The fraction of sp³-hybridized carbons (Fsp3) is 0.600. The number of carbonyl (C=O) groups excluding carboxylic acids is 1. The van der Waals surface area contributed by atoms with Crippen molar-refractivity contribution in [3.8, 4) is 0 Å². The maximum Gasteiger partial charge on any atom is 0.261 e. The zero-order valence-corrected chi connectivity index (χ0v) is 11.6. The fourth-order valence-electron chi connectivity index (χ4n) is 1.88. The third-order valence-electron chi connectivity index (χ3n) is 2.46. The molecule has 0 bridgehead atoms. The van der Waals surface area contributed by atoms with Gasteiger partial charge in [0.1, 0.15) is 0 Å². The first-order chi connectivity index (χ1) is 7.11. The van der Waals surface area contributed by atoms with Crippen LogP contribution in [0.3, 0.4) is 0 Å². The molecule has 0 aromatic rings. The van der Waals surface area contributed by atoms with E-state index in [-0.39, 0.29) is 17.6 Å². The molecular formula is C10H14Cl2N2OS. The minimum Gasteiger partial charge on any atom is -0.323 e. The van der Waals surface area contributed by atoms with Gasteiger partial charge in [-0.15, -0.1) is 12.4 Å². The number of aliphatic imine (C=N–C) groups is 1. The molecule has 16 heavy (non-hydrogen) atoms. The van der Waals surface area contributed by atoms with Gasteiger partial charge in [-0.05, 0) is 35.7 Å². The lowest BCUT2D eigenvalue weighted by atomic mass is 10.1. The highest BCUT2D eigenvalue weighted by molar-refractivity contribution is 8.18. The van der Waals surface area contributed by atoms with Crippen LogP contribution in [-0.4, -0.2) is 28.4 Å². The fourth-order valence-corrected chi connectivity index (χ4v) is 3.26. The van der Waals surface area contributed by atoms with Crippen LogP contribution < -0.4 is 0 Å². The van der Waals surface area contributed by atoms with Gasteiger partial charge in [0, 0.05) is 18.8 Å². The summed E-state index contributed by atoms with van der Waals surface area (Å²) in [7, 11) is 0. The Morgan fingerprint density at radius 2 is 2.25 bits per heavy atom. The van der Waals surface area contributed by atoms with Gasteiger partial charge in [0.2, 0.25) is 0 Å². The van der Waals surface area contributed by atoms with Gasteiger partial charge >= 0.3 is 0 Å². The van der Waals surface area contributed by atoms with E-state index >= 15 is 0 Å². The molecule has 2 heterocycles. The SMILES string of the molecule is CC(C)C1=C(C(=O)Cl)SC2=NCCCN21.Cl. The molecule has 0 spiro atoms. The molecule has 90 valence electrons. The Labute approximate surface area is 111 Å². The van der Waals surface area contributed by atoms with E-state index in [0.29, 0.717) is 10.8 Å². The normalized spacial score (nSPS) is 19.5. The Bertz CT molecular complexity index is 366. The van der Waals surface area contributed by atoms with Crippen LogP contribution >= 0.6 is 35.8 Å². The van der Waals surface area contributed by atoms with Crippen LogP contribution in [0.4, 0.5) is 0 Å². The van der Waals surface area contributed by atoms with Crippen LogP contribution in [0, 0.1) is 5.92 Å². The van der Waals surface area contributed by atoms with Gasteiger partial charge in [0.15, 0.2) is 5.17 Å². The molecule has 0 amide bonds. The molecule has 0 aromatic heterocycles. The lowest BCUT2D eigenvalue weighted by Crippen LogP contribution is -2.31. The van der Waals surface area contributed by atoms with Crippen LogP contribution in [0.25, 0.3) is 0 Å². The maximum absolute atomic E-state index is 11.3. The molecule has 3 nitrogen and oxygen atoms in total. The Kier molecular flexibility index (Phi) is 4.71. The summed E-state index contributed by atoms with van der Waals surface area (Å²) in [6, 6.07) is 0. The summed E-state index contributed by atoms with van der Waals surface area (Å²) < 4.78 is 0. The van der Waals surface area contributed by atoms with Gasteiger partial charge in [-0.25, -0.2) is 0 Å². The van der Waals surface area contributed by atoms with Crippen LogP contribution in [0.5, 0.6) is 0 Å². The van der Waals surface area contributed by atoms with E-state index in [1.165, 1.54) is 11.8 Å². The van der Waals surface area contributed by atoms with Crippen molar-refractivity contribution in [2.24, 2.45) is 10.9 Å². The van der Waals surface area contributed by atoms with E-state index in [0.717, 1.165) is 30.4 Å². The topological polar surface area (TPSA) is 32.7 Å². The summed E-state index contributed by atoms with van der Waals surface area (Å²) in [5, 5.41) is 0.578. The van der Waals surface area contributed by atoms with Crippen molar-refractivity contribution < 1.29 is 4.79 Å². The predicted molar refractivity (Wildman–Crippen MR) is 71.2 cm³/mol. The number of carbonyl (C=O) groups is 1. The molecule has 6 heteroatoms. The summed E-state index contributed by atoms with van der Waals surface area (Å²) in [4.78, 5) is 18.5. The molecule has 0 saturated heterocycles. The van der Waals surface area contributed by atoms with Crippen molar-refractivity contribution in [2.45, 2.75) is 20.3 Å². The number of amidine groups is 1. The Hall–Kier alpha value is -0.190. The molecular weight excluding hydrogens is 267 g/mol. The average Bonchev–Trinajstić information content (AvgIpc) is 2.56. The first-order valence-electron chi connectivity index (χ1n) is 5.05. The second-order valence-corrected chi connectivity index (χ2v) is 5.24. The Balaban J connectivity index is 0.00000128. The highest BCUT2D eigenvalue weighted by Gasteiger charge is 2.34. The molecule has 0 fully saturated rings. The van der Waals surface area contributed by atoms with Crippen LogP contribution in [0.15, 0.2) is 15.6 Å². The highest BCUT2D eigenvalue weighted by Crippen LogP contribution is 2.40. The van der Waals surface area contributed by atoms with Crippen LogP contribution in [0.1, 0.15) is 20.3 Å². The molecule has 2 rings (SSSR count). The van der Waals surface area contributed by atoms with Crippen LogP contribution in [-0.2, 0) is 4.79 Å². The summed E-state index contributed by atoms with van der Waals surface area (Å²) in [6.07, 6.45) is 1.05. The highest BCUT2D eigenvalue weighted by atomic mass is 35.5. The number of halogens is 2. The monoisotopic (exact) mass is 280 g/mol. The van der Waals surface area contributed by atoms with Gasteiger partial charge in [-0.2, -0.15) is 0 Å². The predicted octanol–water partition coefficient (Wildman–Crippen LogP) is 2.85. The van der Waals surface area contributed by atoms with Gasteiger partial charge in [-0.1, -0.05) is 13.8 Å². The number of thioether (sulfide) groups is 1. The van der Waals surface area contributed by atoms with Crippen molar-refractivity contribution in [3.63, 3.8) is 0 Å². The third-order valence-corrected chi connectivity index (χ3v) is 3.89. The zero-order chi connectivity index (χ0) is 11.0. The molecule has 0 atom stereocenters. The first kappa shape index (κ1) is 13.9. The summed E-state index contributed by atoms with van der Waals surface area (Å²) in [5.74, 6) is 0.306. The quantitative estimate of drug-likeness (QED) is 0.730. The van der Waals surface area contributed by atoms with Crippen molar-refractivity contribution in [3.05, 3.63) is 10.6 Å². The first-order valence-corrected chi connectivity index (χ1v) is 6.24. The third kappa shape index (κ3) is 2.39. The van der Waals surface area contributed by atoms with E-state index in [2.05, 4.69) is 23.7 Å². The van der Waals surface area contributed by atoms with Crippen molar-refractivity contribution in [1.82, 2.24) is 4.90 Å². The van der Waals surface area contributed by atoms with E-state index in [4.69, 9.17) is 11.6 Å². The number of allylic oxidation sites excluding steroid dienone is 2. The second-order valence-electron chi connectivity index (χ2n) is 3.91. The van der Waals surface area contributed by atoms with Gasteiger partial charge < -0.3 is 4.90 Å². The molecule has 0 aromatic carbocycles. The van der Waals surface area contributed by atoms with E-state index in [1.807, 2.05) is 0 Å². The Morgan fingerprint density at radius 1 is 1.56 bits per heavy atom. The standard InChI is InChI=1S/C10H13ClN2OS.ClH/c1-6(2)7-8(9(11)14)15-10-12-4-3-5-13(7)10;/h6H,3-5H2,1-2H3;1H. The van der Waals surface area contributed by atoms with Crippen molar-refractivity contribution in [2.75, 3.05) is 13.1 Å². The van der Waals surface area contributed by atoms with Gasteiger partial charge in [-0.3, -0.25) is 9.79 Å². The van der Waals surface area contributed by atoms with Gasteiger partial charge in [0.05, 0.1) is 4.91 Å². The minimum atomic E-state index is -0.360. The Morgan fingerprint density at radius 3 is 2.81 bits per heavy atom. The van der Waals surface area contributed by atoms with E-state index in [9.17, 15) is 4.79 Å². The van der Waals surface area contributed by atoms with E-state index < -0.39 is 0 Å². The number of nitrogens with zero attached hydrogens (tertiary/aromatic N) is 2. The molecule has 2 aliphatic heterocycles. The number of hydrogen-bond donors (Lipinski definition) is 0. The molecule has 0 saturated carbocycles. The maximum atomic E-state index is 11.3. The smallest absolute Gasteiger partial charge is 0.261 e. The summed E-state index contributed by atoms with van der Waals surface area (Å²) in [5.41, 5.74) is 1.04. The van der Waals surface area contributed by atoms with Crippen molar-refractivity contribution in [1.29, 1.82) is 0 Å². The molecule has 0 radical (unpaired) electrons. The lowest BCUT2D eigenvalue weighted by Gasteiger charge is -2.27. The van der Waals surface area contributed by atoms with Crippen LogP contribution in [0.2, 0.25) is 0 Å². The van der Waals surface area contributed by atoms with Crippen molar-refractivity contribution >= 4 is 46.2 Å². The number of hydrogen-bond acceptors (Lipinski definition) is 4. The number of fused-ring (bicyclic) bond motifs is 1. The largest absolute Gasteiger partial charge is 0.323 e. The summed E-state index contributed by atoms with van der Waals surface area (Å²) in [6.45, 7) is 5.96. The lowest BCUT2D eigenvalue weighted by molar-refractivity contribution is -0.108. The molecule has 2 aliphatic rings. The molecule has 0 aliphatic carbocycles. The molecule has 0 N–H and O–H groups in total. The van der Waals surface area contributed by atoms with E-state index in [1.54, 1.807) is 0 Å². The summed E-state index contributed by atoms with van der Waals surface area (Å²) >= 11 is 7.00. The zero-order valence-electron chi connectivity index (χ0n) is 9.20. The average molecular weight is 281 g/mol. The minimum absolute atomic E-state index is 0. The molecule has 0 unspecified atom stereocenters. The number of rotatable bonds is 2. The van der Waals surface area contributed by atoms with Gasteiger partial charge in [0.25, 0.3) is 5.24 Å².